The number of nitrogens with zero attached hydrogens (tertiary/aromatic N) is 5. The minimum Gasteiger partial charge on any atom is -0.457 e. The highest BCUT2D eigenvalue weighted by Gasteiger charge is 2.46. The van der Waals surface area contributed by atoms with Crippen molar-refractivity contribution in [2.75, 3.05) is 49.2 Å². The highest BCUT2D eigenvalue weighted by atomic mass is 16.5. The lowest BCUT2D eigenvalue weighted by Crippen LogP contribution is -2.59. The van der Waals surface area contributed by atoms with Crippen molar-refractivity contribution in [2.24, 2.45) is 5.41 Å². The Hall–Kier alpha value is -6.08. The summed E-state index contributed by atoms with van der Waals surface area (Å²) in [7, 11) is 1.78. The minimum atomic E-state index is -0.506. The molecule has 3 saturated heterocycles. The van der Waals surface area contributed by atoms with Gasteiger partial charge in [-0.15, -0.1) is 0 Å². The summed E-state index contributed by atoms with van der Waals surface area (Å²) in [5.74, 6) is 1.71. The van der Waals surface area contributed by atoms with Crippen LogP contribution in [0, 0.1) is 10.8 Å². The van der Waals surface area contributed by atoms with Crippen molar-refractivity contribution in [3.05, 3.63) is 108 Å². The summed E-state index contributed by atoms with van der Waals surface area (Å²) in [4.78, 5) is 51.9. The zero-order chi connectivity index (χ0) is 40.4. The number of imide groups is 1. The molecular formula is C45H51N9O4. The van der Waals surface area contributed by atoms with Crippen LogP contribution in [0.1, 0.15) is 78.4 Å². The van der Waals surface area contributed by atoms with E-state index < -0.39 is 6.04 Å². The number of nitrogen functional groups attached to an aromatic ring is 1. The van der Waals surface area contributed by atoms with E-state index in [1.807, 2.05) is 72.8 Å². The van der Waals surface area contributed by atoms with Gasteiger partial charge in [0.1, 0.15) is 35.5 Å². The van der Waals surface area contributed by atoms with E-state index in [9.17, 15) is 14.4 Å². The number of aromatic nitrogens is 2. The van der Waals surface area contributed by atoms with Gasteiger partial charge >= 0.3 is 0 Å². The summed E-state index contributed by atoms with van der Waals surface area (Å²) in [5, 5.41) is 15.1. The first-order chi connectivity index (χ1) is 28.1. The third-order valence-electron chi connectivity index (χ3n) is 12.6. The van der Waals surface area contributed by atoms with Crippen LogP contribution in [-0.2, 0) is 9.59 Å². The van der Waals surface area contributed by atoms with Crippen molar-refractivity contribution >= 4 is 46.8 Å². The summed E-state index contributed by atoms with van der Waals surface area (Å²) in [6, 6.07) is 23.2. The lowest BCUT2D eigenvalue weighted by Gasteiger charge is -2.55. The van der Waals surface area contributed by atoms with Crippen molar-refractivity contribution in [1.29, 1.82) is 5.41 Å². The van der Waals surface area contributed by atoms with E-state index in [1.165, 1.54) is 32.0 Å². The smallest absolute Gasteiger partial charge is 0.249 e. The fraction of sp³-hybridized carbons (Fsp3) is 0.378. The third-order valence-corrected chi connectivity index (χ3v) is 12.6. The van der Waals surface area contributed by atoms with E-state index in [1.54, 1.807) is 11.9 Å². The van der Waals surface area contributed by atoms with Gasteiger partial charge in [-0.2, -0.15) is 0 Å². The number of carbonyl (C=O) groups excluding carboxylic acids is 3. The highest BCUT2D eigenvalue weighted by molar-refractivity contribution is 6.16. The van der Waals surface area contributed by atoms with Crippen LogP contribution in [0.2, 0.25) is 0 Å². The van der Waals surface area contributed by atoms with Crippen molar-refractivity contribution < 1.29 is 19.1 Å². The van der Waals surface area contributed by atoms with Gasteiger partial charge in [0.05, 0.1) is 11.3 Å². The molecule has 4 fully saturated rings. The Morgan fingerprint density at radius 1 is 0.983 bits per heavy atom. The van der Waals surface area contributed by atoms with E-state index in [0.717, 1.165) is 56.7 Å². The van der Waals surface area contributed by atoms with Crippen molar-refractivity contribution in [2.45, 2.75) is 69.5 Å². The summed E-state index contributed by atoms with van der Waals surface area (Å²) < 4.78 is 5.93. The molecule has 13 heteroatoms. The highest BCUT2D eigenvalue weighted by Crippen LogP contribution is 2.47. The first-order valence-corrected chi connectivity index (χ1v) is 20.2. The molecule has 3 aliphatic heterocycles. The van der Waals surface area contributed by atoms with Gasteiger partial charge in [0, 0.05) is 85.2 Å². The van der Waals surface area contributed by atoms with E-state index in [-0.39, 0.29) is 35.8 Å². The van der Waals surface area contributed by atoms with E-state index in [0.29, 0.717) is 57.4 Å². The van der Waals surface area contributed by atoms with Crippen LogP contribution in [0.4, 0.5) is 17.3 Å². The second-order valence-electron chi connectivity index (χ2n) is 16.3. The predicted octanol–water partition coefficient (Wildman–Crippen LogP) is 6.11. The molecule has 13 nitrogen and oxygen atoms in total. The fourth-order valence-electron chi connectivity index (χ4n) is 9.20. The molecule has 1 unspecified atom stereocenters. The van der Waals surface area contributed by atoms with Gasteiger partial charge in [0.25, 0.3) is 0 Å². The Morgan fingerprint density at radius 2 is 1.69 bits per heavy atom. The number of ether oxygens (including phenoxy) is 1. The monoisotopic (exact) mass is 781 g/mol. The van der Waals surface area contributed by atoms with Gasteiger partial charge < -0.3 is 30.5 Å². The molecule has 4 heterocycles. The molecule has 1 aliphatic carbocycles. The average Bonchev–Trinajstić information content (AvgIpc) is 3.23. The lowest BCUT2D eigenvalue weighted by atomic mass is 9.67. The Balaban J connectivity index is 0.814. The number of carbonyl (C=O) groups is 3. The van der Waals surface area contributed by atoms with Crippen LogP contribution in [0.25, 0.3) is 5.70 Å². The van der Waals surface area contributed by atoms with Crippen molar-refractivity contribution in [3.8, 4) is 11.5 Å². The molecule has 0 radical (unpaired) electrons. The number of anilines is 3. The van der Waals surface area contributed by atoms with Crippen molar-refractivity contribution in [3.63, 3.8) is 0 Å². The number of likely N-dealkylation sites (tertiary alicyclic amines) is 1. The molecule has 0 bridgehead atoms. The third kappa shape index (κ3) is 8.04. The maximum absolute atomic E-state index is 12.5. The quantitative estimate of drug-likeness (QED) is 0.0743. The Bertz CT molecular complexity index is 2190. The zero-order valence-electron chi connectivity index (χ0n) is 33.0. The molecule has 58 heavy (non-hydrogen) atoms. The predicted molar refractivity (Wildman–Crippen MR) is 225 cm³/mol. The Morgan fingerprint density at radius 3 is 2.38 bits per heavy atom. The molecule has 3 aromatic carbocycles. The van der Waals surface area contributed by atoms with Crippen LogP contribution in [-0.4, -0.2) is 94.9 Å². The number of para-hydroxylation sites is 1. The second kappa shape index (κ2) is 16.4. The number of rotatable bonds is 12. The van der Waals surface area contributed by atoms with Gasteiger partial charge in [-0.1, -0.05) is 30.8 Å². The number of aldehydes is 1. The van der Waals surface area contributed by atoms with Crippen LogP contribution in [0.15, 0.2) is 85.7 Å². The first kappa shape index (κ1) is 38.8. The topological polar surface area (TPSA) is 170 Å². The molecule has 300 valence electrons. The van der Waals surface area contributed by atoms with Gasteiger partial charge in [-0.25, -0.2) is 9.97 Å². The van der Waals surface area contributed by atoms with Crippen LogP contribution >= 0.6 is 0 Å². The minimum absolute atomic E-state index is 0.214. The molecule has 4 aromatic rings. The Kier molecular flexibility index (Phi) is 11.0. The van der Waals surface area contributed by atoms with Gasteiger partial charge in [-0.05, 0) is 93.5 Å². The maximum Gasteiger partial charge on any atom is 0.249 e. The number of nitrogens with two attached hydrogens (primary N) is 1. The molecular weight excluding hydrogens is 731 g/mol. The molecule has 1 spiro atoms. The van der Waals surface area contributed by atoms with Gasteiger partial charge in [0.15, 0.2) is 6.29 Å². The van der Waals surface area contributed by atoms with Gasteiger partial charge in [0.2, 0.25) is 11.8 Å². The number of amides is 2. The SMILES string of the molecule is C=C(c1ccc(N2CC3(CCC(N4CCC(Nc5ncnc(N)c5C(=N)c5ccc(Oc6ccccc6)cc5)CC4)CC3)C2)cc1C=O)N(C)C1CCC(=O)NC1=O. The summed E-state index contributed by atoms with van der Waals surface area (Å²) in [5.41, 5.74) is 11.0. The van der Waals surface area contributed by atoms with Crippen LogP contribution in [0.5, 0.6) is 11.5 Å². The first-order valence-electron chi connectivity index (χ1n) is 20.2. The van der Waals surface area contributed by atoms with E-state index in [4.69, 9.17) is 15.9 Å². The molecule has 5 N–H and O–H groups in total. The molecule has 8 rings (SSSR count). The second-order valence-corrected chi connectivity index (χ2v) is 16.3. The number of piperidine rings is 2. The molecule has 2 amide bonds. The summed E-state index contributed by atoms with van der Waals surface area (Å²) in [6.07, 6.45) is 9.68. The normalized spacial score (nSPS) is 19.9. The number of hydrogen-bond donors (Lipinski definition) is 4. The lowest BCUT2D eigenvalue weighted by molar-refractivity contribution is -0.136. The van der Waals surface area contributed by atoms with Crippen molar-refractivity contribution in [1.82, 2.24) is 25.1 Å². The largest absolute Gasteiger partial charge is 0.457 e. The molecule has 4 aliphatic rings. The summed E-state index contributed by atoms with van der Waals surface area (Å²) in [6.45, 7) is 8.16. The maximum atomic E-state index is 12.5. The Labute approximate surface area is 339 Å². The summed E-state index contributed by atoms with van der Waals surface area (Å²) >= 11 is 0. The number of hydrogen-bond acceptors (Lipinski definition) is 12. The number of nitrogens with one attached hydrogen (secondary N) is 3. The zero-order valence-corrected chi connectivity index (χ0v) is 33.0. The van der Waals surface area contributed by atoms with E-state index in [2.05, 4.69) is 37.0 Å². The number of likely N-dealkylation sites (N-methyl/N-ethyl adjacent to an activating group) is 1. The van der Waals surface area contributed by atoms with Crippen LogP contribution in [0.3, 0.4) is 0 Å². The van der Waals surface area contributed by atoms with Crippen LogP contribution < -0.4 is 26.0 Å². The molecule has 1 aromatic heterocycles. The standard InChI is InChI=1S/C45H51N9O4/c1-29(52(2)38-14-15-39(56)51-44(38)57)37-13-10-34(24-31(37)25-55)54-26-45(27-54)20-16-33(17-21-45)53-22-18-32(19-23-53)50-43-40(42(47)48-28-49-43)41(46)30-8-11-36(12-9-30)58-35-6-4-3-5-7-35/h3-13,24-25,28,32-33,38,46H,1,14-23,26-27H2,2H3,(H,51,56,57)(H3,47,48,49,50). The molecule has 1 atom stereocenters. The fourth-order valence-corrected chi connectivity index (χ4v) is 9.20. The average molecular weight is 782 g/mol. The van der Waals surface area contributed by atoms with E-state index >= 15 is 0 Å². The number of benzene rings is 3. The van der Waals surface area contributed by atoms with Gasteiger partial charge in [-0.3, -0.25) is 25.1 Å². The molecule has 1 saturated carbocycles.